The van der Waals surface area contributed by atoms with Gasteiger partial charge >= 0.3 is 6.18 Å². The molecule has 0 radical (unpaired) electrons. The standard InChI is InChI=1S/C21H21F3N2OS/c1-14(2)13-26-19(12-20(25-26)21(22,23)24)16-9-7-15(8-10-16)17-5-4-6-18(11-17)28(3)27/h4-12,14H,13H2,1-3H3. The van der Waals surface area contributed by atoms with Gasteiger partial charge in [0.2, 0.25) is 0 Å². The van der Waals surface area contributed by atoms with E-state index in [-0.39, 0.29) is 5.92 Å². The summed E-state index contributed by atoms with van der Waals surface area (Å²) in [5, 5.41) is 3.77. The molecule has 0 bridgehead atoms. The average Bonchev–Trinajstić information content (AvgIpc) is 3.05. The zero-order valence-corrected chi connectivity index (χ0v) is 16.6. The molecule has 1 unspecified atom stereocenters. The largest absolute Gasteiger partial charge is 0.435 e. The lowest BCUT2D eigenvalue weighted by Gasteiger charge is -2.11. The van der Waals surface area contributed by atoms with Gasteiger partial charge in [0.25, 0.3) is 0 Å². The van der Waals surface area contributed by atoms with Crippen LogP contribution < -0.4 is 0 Å². The van der Waals surface area contributed by atoms with Gasteiger partial charge in [-0.1, -0.05) is 50.2 Å². The number of rotatable bonds is 5. The van der Waals surface area contributed by atoms with Gasteiger partial charge in [0.15, 0.2) is 5.69 Å². The Morgan fingerprint density at radius 2 is 1.64 bits per heavy atom. The van der Waals surface area contributed by atoms with E-state index < -0.39 is 22.7 Å². The van der Waals surface area contributed by atoms with Crippen molar-refractivity contribution in [2.24, 2.45) is 5.92 Å². The van der Waals surface area contributed by atoms with Gasteiger partial charge < -0.3 is 0 Å². The highest BCUT2D eigenvalue weighted by atomic mass is 32.2. The first-order valence-corrected chi connectivity index (χ1v) is 10.4. The maximum Gasteiger partial charge on any atom is 0.435 e. The Morgan fingerprint density at radius 3 is 2.21 bits per heavy atom. The van der Waals surface area contributed by atoms with Crippen LogP contribution in [-0.2, 0) is 23.5 Å². The summed E-state index contributed by atoms with van der Waals surface area (Å²) in [5.74, 6) is 0.164. The van der Waals surface area contributed by atoms with Crippen LogP contribution in [0.1, 0.15) is 19.5 Å². The van der Waals surface area contributed by atoms with Gasteiger partial charge in [-0.3, -0.25) is 8.89 Å². The Morgan fingerprint density at radius 1 is 1.00 bits per heavy atom. The Kier molecular flexibility index (Phi) is 5.74. The van der Waals surface area contributed by atoms with Crippen LogP contribution in [0, 0.1) is 5.92 Å². The smallest absolute Gasteiger partial charge is 0.264 e. The van der Waals surface area contributed by atoms with Crippen LogP contribution in [0.4, 0.5) is 13.2 Å². The molecule has 0 fully saturated rings. The molecule has 148 valence electrons. The zero-order chi connectivity index (χ0) is 20.5. The Bertz CT molecular complexity index is 992. The molecular formula is C21H21F3N2OS. The number of alkyl halides is 3. The Balaban J connectivity index is 1.98. The van der Waals surface area contributed by atoms with Crippen molar-refractivity contribution in [2.75, 3.05) is 6.26 Å². The summed E-state index contributed by atoms with van der Waals surface area (Å²) in [6, 6.07) is 15.8. The van der Waals surface area contributed by atoms with Crippen LogP contribution in [0.15, 0.2) is 59.5 Å². The molecule has 0 amide bonds. The second-order valence-electron chi connectivity index (χ2n) is 7.05. The molecule has 0 saturated heterocycles. The summed E-state index contributed by atoms with van der Waals surface area (Å²) in [7, 11) is -1.08. The molecule has 0 N–H and O–H groups in total. The lowest BCUT2D eigenvalue weighted by Crippen LogP contribution is -2.11. The highest BCUT2D eigenvalue weighted by Gasteiger charge is 2.35. The number of hydrogen-bond donors (Lipinski definition) is 0. The van der Waals surface area contributed by atoms with E-state index in [0.29, 0.717) is 17.8 Å². The topological polar surface area (TPSA) is 34.9 Å². The van der Waals surface area contributed by atoms with Crippen LogP contribution in [-0.4, -0.2) is 20.2 Å². The van der Waals surface area contributed by atoms with Gasteiger partial charge in [-0.15, -0.1) is 0 Å². The molecule has 3 nitrogen and oxygen atoms in total. The quantitative estimate of drug-likeness (QED) is 0.550. The number of benzene rings is 2. The number of aromatic nitrogens is 2. The van der Waals surface area contributed by atoms with E-state index in [0.717, 1.165) is 22.1 Å². The van der Waals surface area contributed by atoms with Gasteiger partial charge in [0, 0.05) is 28.5 Å². The van der Waals surface area contributed by atoms with Crippen LogP contribution in [0.25, 0.3) is 22.4 Å². The predicted octanol–water partition coefficient (Wildman–Crippen LogP) is 5.63. The van der Waals surface area contributed by atoms with E-state index in [1.807, 2.05) is 44.2 Å². The fourth-order valence-corrected chi connectivity index (χ4v) is 3.52. The first-order valence-electron chi connectivity index (χ1n) is 8.84. The fraction of sp³-hybridized carbons (Fsp3) is 0.286. The number of hydrogen-bond acceptors (Lipinski definition) is 2. The summed E-state index contributed by atoms with van der Waals surface area (Å²) >= 11 is 0. The minimum atomic E-state index is -4.48. The van der Waals surface area contributed by atoms with Crippen molar-refractivity contribution < 1.29 is 17.4 Å². The third kappa shape index (κ3) is 4.52. The highest BCUT2D eigenvalue weighted by molar-refractivity contribution is 7.84. The molecule has 0 aliphatic heterocycles. The molecule has 28 heavy (non-hydrogen) atoms. The van der Waals surface area contributed by atoms with Crippen molar-refractivity contribution in [2.45, 2.75) is 31.5 Å². The minimum absolute atomic E-state index is 0.164. The Hall–Kier alpha value is -2.41. The van der Waals surface area contributed by atoms with Crippen LogP contribution in [0.3, 0.4) is 0 Å². The van der Waals surface area contributed by atoms with Crippen LogP contribution >= 0.6 is 0 Å². The SMILES string of the molecule is CC(C)Cn1nc(C(F)(F)F)cc1-c1ccc(-c2cccc(S(C)=O)c2)cc1. The molecule has 3 aromatic rings. The molecule has 1 atom stereocenters. The van der Waals surface area contributed by atoms with E-state index in [4.69, 9.17) is 0 Å². The zero-order valence-electron chi connectivity index (χ0n) is 15.8. The average molecular weight is 406 g/mol. The van der Waals surface area contributed by atoms with Gasteiger partial charge in [-0.05, 0) is 40.8 Å². The van der Waals surface area contributed by atoms with Crippen LogP contribution in [0.2, 0.25) is 0 Å². The second-order valence-corrected chi connectivity index (χ2v) is 8.43. The summed E-state index contributed by atoms with van der Waals surface area (Å²) in [6.07, 6.45) is -2.86. The van der Waals surface area contributed by atoms with Gasteiger partial charge in [-0.25, -0.2) is 0 Å². The van der Waals surface area contributed by atoms with E-state index in [2.05, 4.69) is 5.10 Å². The number of nitrogens with zero attached hydrogens (tertiary/aromatic N) is 2. The summed E-state index contributed by atoms with van der Waals surface area (Å²) < 4.78 is 52.5. The maximum atomic E-state index is 13.1. The molecule has 0 spiro atoms. The third-order valence-electron chi connectivity index (χ3n) is 4.29. The molecular weight excluding hydrogens is 385 g/mol. The van der Waals surface area contributed by atoms with Crippen molar-refractivity contribution in [1.29, 1.82) is 0 Å². The predicted molar refractivity (Wildman–Crippen MR) is 105 cm³/mol. The van der Waals surface area contributed by atoms with Crippen molar-refractivity contribution in [1.82, 2.24) is 9.78 Å². The molecule has 0 aliphatic carbocycles. The minimum Gasteiger partial charge on any atom is -0.264 e. The normalized spacial score (nSPS) is 13.1. The molecule has 2 aromatic carbocycles. The first-order chi connectivity index (χ1) is 13.1. The van der Waals surface area contributed by atoms with E-state index in [1.54, 1.807) is 24.5 Å². The summed E-state index contributed by atoms with van der Waals surface area (Å²) in [5.41, 5.74) is 2.04. The molecule has 0 aliphatic rings. The monoisotopic (exact) mass is 406 g/mol. The maximum absolute atomic E-state index is 13.1. The van der Waals surface area contributed by atoms with Gasteiger partial charge in [0.05, 0.1) is 5.69 Å². The van der Waals surface area contributed by atoms with E-state index >= 15 is 0 Å². The highest BCUT2D eigenvalue weighted by Crippen LogP contribution is 2.33. The lowest BCUT2D eigenvalue weighted by atomic mass is 10.0. The molecule has 3 rings (SSSR count). The van der Waals surface area contributed by atoms with Gasteiger partial charge in [0.1, 0.15) is 0 Å². The fourth-order valence-electron chi connectivity index (χ4n) is 2.96. The second kappa shape index (κ2) is 7.91. The molecule has 1 heterocycles. The van der Waals surface area contributed by atoms with Crippen molar-refractivity contribution >= 4 is 10.8 Å². The molecule has 7 heteroatoms. The van der Waals surface area contributed by atoms with Gasteiger partial charge in [-0.2, -0.15) is 18.3 Å². The van der Waals surface area contributed by atoms with E-state index in [9.17, 15) is 17.4 Å². The third-order valence-corrected chi connectivity index (χ3v) is 5.21. The van der Waals surface area contributed by atoms with Crippen molar-refractivity contribution in [3.8, 4) is 22.4 Å². The van der Waals surface area contributed by atoms with Crippen LogP contribution in [0.5, 0.6) is 0 Å². The summed E-state index contributed by atoms with van der Waals surface area (Å²) in [4.78, 5) is 0.728. The Labute approximate surface area is 164 Å². The molecule has 1 aromatic heterocycles. The van der Waals surface area contributed by atoms with Crippen molar-refractivity contribution in [3.05, 3.63) is 60.3 Å². The number of halogens is 3. The molecule has 0 saturated carbocycles. The summed E-state index contributed by atoms with van der Waals surface area (Å²) in [6.45, 7) is 4.27. The van der Waals surface area contributed by atoms with E-state index in [1.165, 1.54) is 4.68 Å². The lowest BCUT2D eigenvalue weighted by molar-refractivity contribution is -0.141. The first kappa shape index (κ1) is 20.3. The van der Waals surface area contributed by atoms with Crippen molar-refractivity contribution in [3.63, 3.8) is 0 Å².